The molecule has 0 spiro atoms. The van der Waals surface area contributed by atoms with Gasteiger partial charge in [-0.05, 0) is 130 Å². The summed E-state index contributed by atoms with van der Waals surface area (Å²) in [6.07, 6.45) is 28.4. The molecule has 254 valence electrons. The second kappa shape index (κ2) is 26.1. The van der Waals surface area contributed by atoms with Gasteiger partial charge in [-0.3, -0.25) is 4.99 Å². The van der Waals surface area contributed by atoms with Crippen LogP contribution in [0.15, 0.2) is 58.5 Å². The quantitative estimate of drug-likeness (QED) is 0.0610. The van der Waals surface area contributed by atoms with Crippen LogP contribution in [0.4, 0.5) is 11.4 Å². The second-order valence-electron chi connectivity index (χ2n) is 12.8. The number of hydrogen-bond donors (Lipinski definition) is 0. The molecule has 0 amide bonds. The standard InChI is InChI=1S/C42H66N2.Ni/c1-7-13-19-20-21-22-28-42(44-40-33-37(25-16-10-4)30-38(34-40)26-17-11-5)41(27-18-12-6)43-39-31-35(23-14-8-2)29-36(32-39)24-15-9-3;/h22,28-34H,7-21,23-27H2,1-6H3;/b28-22+,43-41?,44-42?;. The van der Waals surface area contributed by atoms with E-state index in [1.165, 1.54) is 99.3 Å². The van der Waals surface area contributed by atoms with Crippen molar-refractivity contribution in [1.82, 2.24) is 0 Å². The van der Waals surface area contributed by atoms with Crippen molar-refractivity contribution < 1.29 is 16.5 Å². The smallest absolute Gasteiger partial charge is 0.0848 e. The number of benzene rings is 2. The van der Waals surface area contributed by atoms with Crippen LogP contribution in [0.1, 0.15) is 167 Å². The Hall–Kier alpha value is -1.99. The maximum atomic E-state index is 5.44. The summed E-state index contributed by atoms with van der Waals surface area (Å²) in [6, 6.07) is 14.2. The Morgan fingerprint density at radius 2 is 0.911 bits per heavy atom. The first-order valence-electron chi connectivity index (χ1n) is 18.6. The summed E-state index contributed by atoms with van der Waals surface area (Å²) in [6.45, 7) is 13.7. The van der Waals surface area contributed by atoms with Gasteiger partial charge >= 0.3 is 0 Å². The molecule has 0 saturated heterocycles. The van der Waals surface area contributed by atoms with Crippen molar-refractivity contribution in [2.75, 3.05) is 0 Å². The fraction of sp³-hybridized carbons (Fsp3) is 0.619. The van der Waals surface area contributed by atoms with Gasteiger partial charge in [-0.25, -0.2) is 4.99 Å². The summed E-state index contributed by atoms with van der Waals surface area (Å²) < 4.78 is 0. The molecular weight excluding hydrogens is 591 g/mol. The first-order chi connectivity index (χ1) is 21.6. The molecule has 0 heterocycles. The van der Waals surface area contributed by atoms with E-state index in [9.17, 15) is 0 Å². The Labute approximate surface area is 289 Å². The van der Waals surface area contributed by atoms with E-state index in [-0.39, 0.29) is 16.5 Å². The SMILES string of the molecule is CCCCCC/C=C/C(=Nc1cc(CCCC)cc(CCCC)c1)C(CCCC)=Nc1cc(CCCC)cc(CCCC)c1.[Ni]. The molecule has 0 fully saturated rings. The molecule has 0 radical (unpaired) electrons. The first kappa shape index (κ1) is 41.0. The van der Waals surface area contributed by atoms with Gasteiger partial charge in [-0.15, -0.1) is 0 Å². The van der Waals surface area contributed by atoms with Crippen LogP contribution >= 0.6 is 0 Å². The van der Waals surface area contributed by atoms with Gasteiger partial charge in [0.2, 0.25) is 0 Å². The minimum Gasteiger partial charge on any atom is -0.251 e. The van der Waals surface area contributed by atoms with Crippen LogP contribution in [0.3, 0.4) is 0 Å². The van der Waals surface area contributed by atoms with Crippen molar-refractivity contribution in [2.45, 2.75) is 170 Å². The van der Waals surface area contributed by atoms with Gasteiger partial charge in [0, 0.05) is 16.5 Å². The van der Waals surface area contributed by atoms with Gasteiger partial charge in [0.15, 0.2) is 0 Å². The summed E-state index contributed by atoms with van der Waals surface area (Å²) in [5, 5.41) is 0. The van der Waals surface area contributed by atoms with E-state index in [2.05, 4.69) is 90.1 Å². The molecule has 2 rings (SSSR count). The van der Waals surface area contributed by atoms with Gasteiger partial charge in [0.1, 0.15) is 0 Å². The summed E-state index contributed by atoms with van der Waals surface area (Å²) in [5.74, 6) is 0. The number of rotatable bonds is 24. The maximum Gasteiger partial charge on any atom is 0.0848 e. The van der Waals surface area contributed by atoms with Crippen LogP contribution in [0.25, 0.3) is 0 Å². The number of nitrogens with zero attached hydrogens (tertiary/aromatic N) is 2. The average Bonchev–Trinajstić information content (AvgIpc) is 3.03. The zero-order valence-corrected chi connectivity index (χ0v) is 31.0. The molecule has 0 unspecified atom stereocenters. The topological polar surface area (TPSA) is 24.7 Å². The third-order valence-corrected chi connectivity index (χ3v) is 8.43. The minimum absolute atomic E-state index is 0. The summed E-state index contributed by atoms with van der Waals surface area (Å²) in [5.41, 5.74) is 10.1. The normalized spacial score (nSPS) is 12.2. The first-order valence-corrected chi connectivity index (χ1v) is 18.6. The second-order valence-corrected chi connectivity index (χ2v) is 12.8. The Balaban J connectivity index is 0.0000101. The van der Waals surface area contributed by atoms with Gasteiger partial charge in [-0.1, -0.05) is 111 Å². The van der Waals surface area contributed by atoms with E-state index in [0.717, 1.165) is 74.2 Å². The van der Waals surface area contributed by atoms with Crippen molar-refractivity contribution in [1.29, 1.82) is 0 Å². The number of hydrogen-bond acceptors (Lipinski definition) is 2. The van der Waals surface area contributed by atoms with Crippen LogP contribution in [0.5, 0.6) is 0 Å². The van der Waals surface area contributed by atoms with E-state index in [1.807, 2.05) is 0 Å². The van der Waals surface area contributed by atoms with Gasteiger partial charge < -0.3 is 0 Å². The number of allylic oxidation sites excluding steroid dienone is 2. The predicted molar refractivity (Wildman–Crippen MR) is 199 cm³/mol. The van der Waals surface area contributed by atoms with Gasteiger partial charge in [-0.2, -0.15) is 0 Å². The van der Waals surface area contributed by atoms with E-state index in [0.29, 0.717) is 0 Å². The molecule has 0 bridgehead atoms. The van der Waals surface area contributed by atoms with Crippen LogP contribution in [-0.4, -0.2) is 11.4 Å². The Morgan fingerprint density at radius 3 is 1.33 bits per heavy atom. The van der Waals surface area contributed by atoms with E-state index >= 15 is 0 Å². The molecule has 0 atom stereocenters. The predicted octanol–water partition coefficient (Wildman–Crippen LogP) is 13.6. The van der Waals surface area contributed by atoms with Crippen molar-refractivity contribution in [3.8, 4) is 0 Å². The fourth-order valence-corrected chi connectivity index (χ4v) is 5.68. The molecule has 2 aromatic carbocycles. The van der Waals surface area contributed by atoms with Crippen molar-refractivity contribution >= 4 is 22.8 Å². The molecule has 0 N–H and O–H groups in total. The fourth-order valence-electron chi connectivity index (χ4n) is 5.68. The summed E-state index contributed by atoms with van der Waals surface area (Å²) in [4.78, 5) is 10.9. The van der Waals surface area contributed by atoms with Crippen LogP contribution < -0.4 is 0 Å². The largest absolute Gasteiger partial charge is 0.251 e. The zero-order chi connectivity index (χ0) is 31.8. The van der Waals surface area contributed by atoms with E-state index < -0.39 is 0 Å². The van der Waals surface area contributed by atoms with E-state index in [1.54, 1.807) is 0 Å². The number of aryl methyl sites for hydroxylation is 4. The third kappa shape index (κ3) is 17.5. The van der Waals surface area contributed by atoms with Crippen molar-refractivity contribution in [3.63, 3.8) is 0 Å². The molecule has 45 heavy (non-hydrogen) atoms. The maximum absolute atomic E-state index is 5.44. The Bertz CT molecular complexity index is 1090. The monoisotopic (exact) mass is 656 g/mol. The number of aliphatic imine (C=N–C) groups is 2. The molecule has 2 aromatic rings. The Kier molecular flexibility index (Phi) is 23.8. The molecule has 2 nitrogen and oxygen atoms in total. The van der Waals surface area contributed by atoms with E-state index in [4.69, 9.17) is 9.98 Å². The zero-order valence-electron chi connectivity index (χ0n) is 30.0. The molecule has 0 aliphatic carbocycles. The number of unbranched alkanes of at least 4 members (excludes halogenated alkanes) is 9. The molecule has 3 heteroatoms. The molecule has 0 aliphatic heterocycles. The molecule has 0 aliphatic rings. The molecule has 0 saturated carbocycles. The van der Waals surface area contributed by atoms with Gasteiger partial charge in [0.05, 0.1) is 22.8 Å². The summed E-state index contributed by atoms with van der Waals surface area (Å²) >= 11 is 0. The van der Waals surface area contributed by atoms with Crippen LogP contribution in [0, 0.1) is 0 Å². The van der Waals surface area contributed by atoms with Crippen molar-refractivity contribution in [2.24, 2.45) is 9.98 Å². The third-order valence-electron chi connectivity index (χ3n) is 8.43. The van der Waals surface area contributed by atoms with Crippen molar-refractivity contribution in [3.05, 3.63) is 70.8 Å². The van der Waals surface area contributed by atoms with Gasteiger partial charge in [0.25, 0.3) is 0 Å². The van der Waals surface area contributed by atoms with Crippen LogP contribution in [-0.2, 0) is 42.2 Å². The molecule has 0 aromatic heterocycles. The Morgan fingerprint density at radius 1 is 0.489 bits per heavy atom. The van der Waals surface area contributed by atoms with Crippen LogP contribution in [0.2, 0.25) is 0 Å². The minimum atomic E-state index is 0. The average molecular weight is 658 g/mol. The summed E-state index contributed by atoms with van der Waals surface area (Å²) in [7, 11) is 0. The molecular formula is C42H66N2Ni.